The molecule has 29 heavy (non-hydrogen) atoms. The normalized spacial score (nSPS) is 11.8. The molecular formula is C21H17BrN2O5. The minimum atomic E-state index is -1.43. The second-order valence-electron chi connectivity index (χ2n) is 6.27. The van der Waals surface area contributed by atoms with E-state index in [1.165, 1.54) is 6.92 Å². The highest BCUT2D eigenvalue weighted by Gasteiger charge is 2.31. The Bertz CT molecular complexity index is 1090. The third-order valence-electron chi connectivity index (χ3n) is 4.16. The largest absolute Gasteiger partial charge is 0.476 e. The lowest BCUT2D eigenvalue weighted by Crippen LogP contribution is -2.29. The highest BCUT2D eigenvalue weighted by molar-refractivity contribution is 9.10. The van der Waals surface area contributed by atoms with Gasteiger partial charge in [-0.1, -0.05) is 58.4 Å². The Morgan fingerprint density at radius 3 is 2.41 bits per heavy atom. The first kappa shape index (κ1) is 20.6. The van der Waals surface area contributed by atoms with Gasteiger partial charge in [-0.15, -0.1) is 0 Å². The van der Waals surface area contributed by atoms with Crippen molar-refractivity contribution in [3.05, 3.63) is 97.6 Å². The summed E-state index contributed by atoms with van der Waals surface area (Å²) in [5.41, 5.74) is -0.503. The molecule has 0 saturated carbocycles. The van der Waals surface area contributed by atoms with Crippen molar-refractivity contribution in [2.45, 2.75) is 19.6 Å². The van der Waals surface area contributed by atoms with Crippen molar-refractivity contribution in [1.82, 2.24) is 9.97 Å². The van der Waals surface area contributed by atoms with E-state index in [0.717, 1.165) is 10.0 Å². The smallest absolute Gasteiger partial charge is 0.355 e. The van der Waals surface area contributed by atoms with E-state index in [1.807, 2.05) is 18.2 Å². The summed E-state index contributed by atoms with van der Waals surface area (Å²) < 4.78 is 6.56. The molecule has 2 N–H and O–H groups in total. The number of carboxylic acid groups (broad SMARTS) is 1. The topological polar surface area (TPSA) is 109 Å². The lowest BCUT2D eigenvalue weighted by molar-refractivity contribution is 0.0317. The summed E-state index contributed by atoms with van der Waals surface area (Å²) in [7, 11) is 0. The Hall–Kier alpha value is -3.10. The lowest BCUT2D eigenvalue weighted by Gasteiger charge is -2.18. The quantitative estimate of drug-likeness (QED) is 0.524. The number of rotatable bonds is 7. The van der Waals surface area contributed by atoms with Crippen molar-refractivity contribution < 1.29 is 19.4 Å². The zero-order valence-corrected chi connectivity index (χ0v) is 17.0. The predicted octanol–water partition coefficient (Wildman–Crippen LogP) is 3.68. The van der Waals surface area contributed by atoms with Crippen molar-refractivity contribution in [1.29, 1.82) is 0 Å². The fourth-order valence-corrected chi connectivity index (χ4v) is 3.08. The van der Waals surface area contributed by atoms with Gasteiger partial charge in [0, 0.05) is 10.0 Å². The minimum Gasteiger partial charge on any atom is -0.476 e. The molecule has 0 aliphatic heterocycles. The number of aromatic nitrogens is 2. The second kappa shape index (κ2) is 8.93. The van der Waals surface area contributed by atoms with Crippen molar-refractivity contribution in [3.63, 3.8) is 0 Å². The monoisotopic (exact) mass is 456 g/mol. The SMILES string of the molecule is Cc1nc(C(=O)O)c(C(OCc2ccccc2)C(=O)c2ccc(Br)cc2)c(=O)[nH]1. The number of nitrogens with zero attached hydrogens (tertiary/aromatic N) is 1. The Morgan fingerprint density at radius 1 is 1.14 bits per heavy atom. The first-order valence-electron chi connectivity index (χ1n) is 8.66. The highest BCUT2D eigenvalue weighted by atomic mass is 79.9. The number of benzene rings is 2. The summed E-state index contributed by atoms with van der Waals surface area (Å²) in [6.45, 7) is 1.48. The number of ketones is 1. The van der Waals surface area contributed by atoms with Crippen LogP contribution in [0.25, 0.3) is 0 Å². The number of carbonyl (C=O) groups excluding carboxylic acids is 1. The van der Waals surface area contributed by atoms with Gasteiger partial charge in [0.05, 0.1) is 12.2 Å². The van der Waals surface area contributed by atoms with Crippen LogP contribution in [0.1, 0.15) is 43.9 Å². The van der Waals surface area contributed by atoms with E-state index in [0.29, 0.717) is 0 Å². The molecule has 3 rings (SSSR count). The van der Waals surface area contributed by atoms with Crippen LogP contribution in [0.5, 0.6) is 0 Å². The number of aryl methyl sites for hydroxylation is 1. The maximum Gasteiger partial charge on any atom is 0.355 e. The van der Waals surface area contributed by atoms with Gasteiger partial charge in [0.15, 0.2) is 17.6 Å². The summed E-state index contributed by atoms with van der Waals surface area (Å²) in [5, 5.41) is 9.55. The molecule has 0 radical (unpaired) electrons. The van der Waals surface area contributed by atoms with Crippen LogP contribution in [0.4, 0.5) is 0 Å². The van der Waals surface area contributed by atoms with Crippen LogP contribution in [0.2, 0.25) is 0 Å². The molecular weight excluding hydrogens is 440 g/mol. The first-order chi connectivity index (χ1) is 13.9. The molecule has 0 bridgehead atoms. The van der Waals surface area contributed by atoms with Crippen LogP contribution >= 0.6 is 15.9 Å². The number of hydrogen-bond acceptors (Lipinski definition) is 5. The second-order valence-corrected chi connectivity index (χ2v) is 7.18. The van der Waals surface area contributed by atoms with E-state index in [1.54, 1.807) is 36.4 Å². The van der Waals surface area contributed by atoms with Crippen LogP contribution in [-0.2, 0) is 11.3 Å². The number of nitrogens with one attached hydrogen (secondary N) is 1. The standard InChI is InChI=1S/C21H17BrN2O5/c1-12-23-17(21(27)28)16(20(26)24-12)19(29-11-13-5-3-2-4-6-13)18(25)14-7-9-15(22)10-8-14/h2-10,19H,11H2,1H3,(H,27,28)(H,23,24,26). The Morgan fingerprint density at radius 2 is 1.79 bits per heavy atom. The molecule has 8 heteroatoms. The molecule has 148 valence electrons. The number of halogens is 1. The molecule has 1 atom stereocenters. The molecule has 1 aromatic heterocycles. The van der Waals surface area contributed by atoms with Crippen molar-refractivity contribution >= 4 is 27.7 Å². The number of hydrogen-bond donors (Lipinski definition) is 2. The van der Waals surface area contributed by atoms with Crippen LogP contribution in [0.15, 0.2) is 63.9 Å². The van der Waals surface area contributed by atoms with Gasteiger partial charge in [0.1, 0.15) is 5.82 Å². The number of aromatic amines is 1. The molecule has 0 aliphatic carbocycles. The molecule has 0 saturated heterocycles. The number of aromatic carboxylic acids is 1. The van der Waals surface area contributed by atoms with Crippen molar-refractivity contribution in [2.75, 3.05) is 0 Å². The fraction of sp³-hybridized carbons (Fsp3) is 0.143. The number of carbonyl (C=O) groups is 2. The minimum absolute atomic E-state index is 0.0140. The number of Topliss-reactive ketones (excluding diaryl/α,β-unsaturated/α-hetero) is 1. The molecule has 0 amide bonds. The summed E-state index contributed by atoms with van der Waals surface area (Å²) in [6.07, 6.45) is -1.43. The third-order valence-corrected chi connectivity index (χ3v) is 4.69. The first-order valence-corrected chi connectivity index (χ1v) is 9.45. The average molecular weight is 457 g/mol. The average Bonchev–Trinajstić information content (AvgIpc) is 2.70. The van der Waals surface area contributed by atoms with Gasteiger partial charge >= 0.3 is 5.97 Å². The number of carboxylic acids is 1. The predicted molar refractivity (Wildman–Crippen MR) is 109 cm³/mol. The Labute approximate surface area is 174 Å². The number of H-pyrrole nitrogens is 1. The molecule has 1 unspecified atom stereocenters. The Balaban J connectivity index is 2.08. The van der Waals surface area contributed by atoms with Gasteiger partial charge in [0.2, 0.25) is 0 Å². The van der Waals surface area contributed by atoms with E-state index in [-0.39, 0.29) is 23.6 Å². The molecule has 0 fully saturated rings. The van der Waals surface area contributed by atoms with Gasteiger partial charge in [-0.05, 0) is 24.6 Å². The summed E-state index contributed by atoms with van der Waals surface area (Å²) in [4.78, 5) is 43.9. The van der Waals surface area contributed by atoms with E-state index in [9.17, 15) is 19.5 Å². The molecule has 3 aromatic rings. The van der Waals surface area contributed by atoms with Crippen LogP contribution < -0.4 is 5.56 Å². The van der Waals surface area contributed by atoms with Gasteiger partial charge < -0.3 is 14.8 Å². The van der Waals surface area contributed by atoms with Crippen LogP contribution in [-0.4, -0.2) is 26.8 Å². The van der Waals surface area contributed by atoms with Crippen LogP contribution in [0, 0.1) is 6.92 Å². The van der Waals surface area contributed by atoms with Gasteiger partial charge in [0.25, 0.3) is 5.56 Å². The van der Waals surface area contributed by atoms with E-state index >= 15 is 0 Å². The third kappa shape index (κ3) is 4.85. The van der Waals surface area contributed by atoms with Gasteiger partial charge in [-0.3, -0.25) is 9.59 Å². The van der Waals surface area contributed by atoms with Crippen molar-refractivity contribution in [2.24, 2.45) is 0 Å². The van der Waals surface area contributed by atoms with Crippen LogP contribution in [0.3, 0.4) is 0 Å². The fourth-order valence-electron chi connectivity index (χ4n) is 2.81. The van der Waals surface area contributed by atoms with Crippen molar-refractivity contribution in [3.8, 4) is 0 Å². The van der Waals surface area contributed by atoms with Gasteiger partial charge in [-0.2, -0.15) is 0 Å². The molecule has 2 aromatic carbocycles. The Kier molecular flexibility index (Phi) is 6.36. The molecule has 0 spiro atoms. The summed E-state index contributed by atoms with van der Waals surface area (Å²) in [6, 6.07) is 15.6. The number of ether oxygens (including phenoxy) is 1. The molecule has 1 heterocycles. The van der Waals surface area contributed by atoms with E-state index in [2.05, 4.69) is 25.9 Å². The summed E-state index contributed by atoms with van der Waals surface area (Å²) >= 11 is 3.30. The lowest BCUT2D eigenvalue weighted by atomic mass is 9.99. The summed E-state index contributed by atoms with van der Waals surface area (Å²) in [5.74, 6) is -1.81. The molecule has 0 aliphatic rings. The maximum atomic E-state index is 13.2. The zero-order valence-electron chi connectivity index (χ0n) is 15.4. The maximum absolute atomic E-state index is 13.2. The van der Waals surface area contributed by atoms with Gasteiger partial charge in [-0.25, -0.2) is 9.78 Å². The highest BCUT2D eigenvalue weighted by Crippen LogP contribution is 2.25. The van der Waals surface area contributed by atoms with E-state index in [4.69, 9.17) is 4.74 Å². The molecule has 7 nitrogen and oxygen atoms in total. The zero-order chi connectivity index (χ0) is 21.0. The van der Waals surface area contributed by atoms with E-state index < -0.39 is 29.1 Å².